The molecule has 0 bridgehead atoms. The van der Waals surface area contributed by atoms with Crippen molar-refractivity contribution in [3.8, 4) is 0 Å². The molecule has 0 spiro atoms. The van der Waals surface area contributed by atoms with Crippen molar-refractivity contribution in [3.05, 3.63) is 17.0 Å². The van der Waals surface area contributed by atoms with Crippen LogP contribution in [0.5, 0.6) is 0 Å². The zero-order chi connectivity index (χ0) is 14.9. The number of hydrogen-bond donors (Lipinski definition) is 2. The summed E-state index contributed by atoms with van der Waals surface area (Å²) in [6, 6.07) is -0.0249. The summed E-state index contributed by atoms with van der Waals surface area (Å²) >= 11 is 0. The van der Waals surface area contributed by atoms with E-state index in [4.69, 9.17) is 0 Å². The third-order valence-corrected chi connectivity index (χ3v) is 4.42. The molecule has 1 aliphatic heterocycles. The summed E-state index contributed by atoms with van der Waals surface area (Å²) < 4.78 is 0. The van der Waals surface area contributed by atoms with Gasteiger partial charge in [0, 0.05) is 11.3 Å². The minimum atomic E-state index is -0.448. The van der Waals surface area contributed by atoms with Gasteiger partial charge in [0.15, 0.2) is 0 Å². The number of nitrogens with zero attached hydrogens (tertiary/aromatic N) is 2. The predicted molar refractivity (Wildman–Crippen MR) is 79.5 cm³/mol. The molecule has 0 aliphatic carbocycles. The molecule has 1 aliphatic rings. The van der Waals surface area contributed by atoms with Crippen molar-refractivity contribution in [2.24, 2.45) is 0 Å². The molecular weight excluding hydrogens is 252 g/mol. The summed E-state index contributed by atoms with van der Waals surface area (Å²) in [5.74, 6) is 0.0897. The van der Waals surface area contributed by atoms with Gasteiger partial charge in [-0.3, -0.25) is 14.8 Å². The summed E-state index contributed by atoms with van der Waals surface area (Å²) in [7, 11) is 0. The Morgan fingerprint density at radius 1 is 1.35 bits per heavy atom. The maximum Gasteiger partial charge on any atom is 0.240 e. The van der Waals surface area contributed by atoms with E-state index >= 15 is 0 Å². The molecule has 5 nitrogen and oxygen atoms in total. The molecule has 0 unspecified atom stereocenters. The lowest BCUT2D eigenvalue weighted by Crippen LogP contribution is -2.54. The molecule has 1 aromatic rings. The lowest BCUT2D eigenvalue weighted by atomic mass is 10.00. The number of carbonyl (C=O) groups is 1. The third kappa shape index (κ3) is 2.73. The van der Waals surface area contributed by atoms with E-state index in [1.165, 1.54) is 12.8 Å². The molecule has 2 N–H and O–H groups in total. The highest BCUT2D eigenvalue weighted by Gasteiger charge is 2.36. The van der Waals surface area contributed by atoms with Crippen molar-refractivity contribution in [1.82, 2.24) is 20.4 Å². The Morgan fingerprint density at radius 3 is 2.45 bits per heavy atom. The van der Waals surface area contributed by atoms with Crippen LogP contribution in [0.2, 0.25) is 0 Å². The van der Waals surface area contributed by atoms with Crippen molar-refractivity contribution in [1.29, 1.82) is 0 Å². The van der Waals surface area contributed by atoms with Gasteiger partial charge in [-0.25, -0.2) is 0 Å². The van der Waals surface area contributed by atoms with E-state index in [9.17, 15) is 4.79 Å². The number of aromatic amines is 1. The van der Waals surface area contributed by atoms with E-state index in [1.54, 1.807) is 0 Å². The van der Waals surface area contributed by atoms with E-state index in [0.29, 0.717) is 0 Å². The van der Waals surface area contributed by atoms with Gasteiger partial charge >= 0.3 is 0 Å². The predicted octanol–water partition coefficient (Wildman–Crippen LogP) is 2.08. The molecule has 0 saturated carbocycles. The van der Waals surface area contributed by atoms with Crippen LogP contribution in [-0.4, -0.2) is 39.6 Å². The first kappa shape index (κ1) is 15.0. The fraction of sp³-hybridized carbons (Fsp3) is 0.733. The molecule has 2 heterocycles. The van der Waals surface area contributed by atoms with Crippen molar-refractivity contribution < 1.29 is 4.79 Å². The molecule has 1 saturated heterocycles. The fourth-order valence-corrected chi connectivity index (χ4v) is 3.06. The smallest absolute Gasteiger partial charge is 0.240 e. The topological polar surface area (TPSA) is 61.0 Å². The largest absolute Gasteiger partial charge is 0.348 e. The van der Waals surface area contributed by atoms with E-state index in [1.807, 2.05) is 34.6 Å². The number of carbonyl (C=O) groups excluding carboxylic acids is 1. The normalized spacial score (nSPS) is 18.2. The van der Waals surface area contributed by atoms with Gasteiger partial charge in [-0.1, -0.05) is 0 Å². The van der Waals surface area contributed by atoms with Crippen molar-refractivity contribution in [2.75, 3.05) is 13.1 Å². The molecule has 1 aromatic heterocycles. The number of aromatic nitrogens is 2. The number of H-pyrrole nitrogens is 1. The molecule has 1 fully saturated rings. The van der Waals surface area contributed by atoms with Gasteiger partial charge in [-0.2, -0.15) is 5.10 Å². The van der Waals surface area contributed by atoms with Crippen LogP contribution in [0.1, 0.15) is 56.6 Å². The van der Waals surface area contributed by atoms with Crippen molar-refractivity contribution >= 4 is 5.91 Å². The summed E-state index contributed by atoms with van der Waals surface area (Å²) in [5, 5.41) is 10.3. The Hall–Kier alpha value is -1.36. The van der Waals surface area contributed by atoms with Gasteiger partial charge in [-0.15, -0.1) is 0 Å². The first-order valence-electron chi connectivity index (χ1n) is 7.41. The number of rotatable bonds is 4. The van der Waals surface area contributed by atoms with Crippen LogP contribution in [-0.2, 0) is 4.79 Å². The van der Waals surface area contributed by atoms with Crippen molar-refractivity contribution in [3.63, 3.8) is 0 Å². The Balaban J connectivity index is 2.07. The Labute approximate surface area is 121 Å². The maximum absolute atomic E-state index is 12.6. The fourth-order valence-electron chi connectivity index (χ4n) is 3.06. The quantitative estimate of drug-likeness (QED) is 0.886. The van der Waals surface area contributed by atoms with Crippen LogP contribution in [0.15, 0.2) is 0 Å². The van der Waals surface area contributed by atoms with E-state index in [-0.39, 0.29) is 11.9 Å². The highest BCUT2D eigenvalue weighted by molar-refractivity contribution is 5.85. The Kier molecular flexibility index (Phi) is 4.18. The number of likely N-dealkylation sites (tertiary alicyclic amines) is 1. The zero-order valence-corrected chi connectivity index (χ0v) is 13.2. The minimum Gasteiger partial charge on any atom is -0.348 e. The van der Waals surface area contributed by atoms with Gasteiger partial charge in [0.25, 0.3) is 0 Å². The number of nitrogens with one attached hydrogen (secondary N) is 2. The van der Waals surface area contributed by atoms with E-state index in [2.05, 4.69) is 20.4 Å². The first-order chi connectivity index (χ1) is 9.34. The van der Waals surface area contributed by atoms with E-state index < -0.39 is 5.54 Å². The lowest BCUT2D eigenvalue weighted by Gasteiger charge is -2.34. The van der Waals surface area contributed by atoms with Crippen LogP contribution in [0.3, 0.4) is 0 Å². The van der Waals surface area contributed by atoms with Gasteiger partial charge < -0.3 is 5.32 Å². The highest BCUT2D eigenvalue weighted by Crippen LogP contribution is 2.24. The average Bonchev–Trinajstić information content (AvgIpc) is 2.99. The van der Waals surface area contributed by atoms with Crippen molar-refractivity contribution in [2.45, 2.75) is 59.0 Å². The first-order valence-corrected chi connectivity index (χ1v) is 7.41. The van der Waals surface area contributed by atoms with Gasteiger partial charge in [0.1, 0.15) is 0 Å². The average molecular weight is 278 g/mol. The monoisotopic (exact) mass is 278 g/mol. The number of aryl methyl sites for hydroxylation is 2. The van der Waals surface area contributed by atoms with Crippen LogP contribution < -0.4 is 5.32 Å². The second-order valence-corrected chi connectivity index (χ2v) is 6.30. The highest BCUT2D eigenvalue weighted by atomic mass is 16.2. The zero-order valence-electron chi connectivity index (χ0n) is 13.2. The third-order valence-electron chi connectivity index (χ3n) is 4.42. The second kappa shape index (κ2) is 5.56. The SMILES string of the molecule is Cc1n[nH]c(C)c1[C@H](C)NC(=O)C(C)(C)N1CCCC1. The summed E-state index contributed by atoms with van der Waals surface area (Å²) in [5.41, 5.74) is 2.62. The molecule has 0 radical (unpaired) electrons. The maximum atomic E-state index is 12.6. The second-order valence-electron chi connectivity index (χ2n) is 6.30. The molecule has 1 atom stereocenters. The lowest BCUT2D eigenvalue weighted by molar-refractivity contribution is -0.131. The van der Waals surface area contributed by atoms with E-state index in [0.717, 1.165) is 30.0 Å². The summed E-state index contributed by atoms with van der Waals surface area (Å²) in [6.07, 6.45) is 2.37. The molecule has 5 heteroatoms. The molecule has 0 aromatic carbocycles. The molecular formula is C15H26N4O. The number of amides is 1. The van der Waals surface area contributed by atoms with Crippen LogP contribution in [0, 0.1) is 13.8 Å². The number of hydrogen-bond acceptors (Lipinski definition) is 3. The molecule has 112 valence electrons. The summed E-state index contributed by atoms with van der Waals surface area (Å²) in [6.45, 7) is 12.0. The molecule has 20 heavy (non-hydrogen) atoms. The molecule has 1 amide bonds. The Morgan fingerprint density at radius 2 is 1.95 bits per heavy atom. The van der Waals surface area contributed by atoms with Gasteiger partial charge in [0.05, 0.1) is 17.3 Å². The van der Waals surface area contributed by atoms with Crippen LogP contribution in [0.25, 0.3) is 0 Å². The standard InChI is InChI=1S/C15H26N4O/c1-10(13-11(2)17-18-12(13)3)16-14(20)15(4,5)19-8-6-7-9-19/h10H,6-9H2,1-5H3,(H,16,20)(H,17,18)/t10-/m0/s1. The van der Waals surface area contributed by atoms with Crippen LogP contribution in [0.4, 0.5) is 0 Å². The van der Waals surface area contributed by atoms with Gasteiger partial charge in [-0.05, 0) is 60.5 Å². The minimum absolute atomic E-state index is 0.0249. The van der Waals surface area contributed by atoms with Gasteiger partial charge in [0.2, 0.25) is 5.91 Å². The molecule has 2 rings (SSSR count). The van der Waals surface area contributed by atoms with Crippen LogP contribution >= 0.6 is 0 Å². The summed E-state index contributed by atoms with van der Waals surface area (Å²) in [4.78, 5) is 14.9. The Bertz CT molecular complexity index is 467.